The van der Waals surface area contributed by atoms with Gasteiger partial charge in [0.05, 0.1) is 19.0 Å². The highest BCUT2D eigenvalue weighted by atomic mass is 16.5. The van der Waals surface area contributed by atoms with Gasteiger partial charge in [-0.3, -0.25) is 4.79 Å². The molecule has 19 heavy (non-hydrogen) atoms. The van der Waals surface area contributed by atoms with Crippen molar-refractivity contribution in [2.45, 2.75) is 0 Å². The molecule has 0 aliphatic heterocycles. The third-order valence-electron chi connectivity index (χ3n) is 2.34. The third-order valence-corrected chi connectivity index (χ3v) is 2.34. The molecule has 5 nitrogen and oxygen atoms in total. The SMILES string of the molecule is COc1ccc(NC(=O)COc2ccccc2)cn1. The lowest BCUT2D eigenvalue weighted by molar-refractivity contribution is -0.118. The van der Waals surface area contributed by atoms with E-state index in [1.54, 1.807) is 24.3 Å². The van der Waals surface area contributed by atoms with E-state index in [2.05, 4.69) is 10.3 Å². The Kier molecular flexibility index (Phi) is 4.34. The number of methoxy groups -OCH3 is 1. The number of hydrogen-bond acceptors (Lipinski definition) is 4. The summed E-state index contributed by atoms with van der Waals surface area (Å²) in [6.45, 7) is -0.0456. The first-order valence-corrected chi connectivity index (χ1v) is 5.75. The minimum atomic E-state index is -0.240. The van der Waals surface area contributed by atoms with E-state index in [9.17, 15) is 4.79 Å². The summed E-state index contributed by atoms with van der Waals surface area (Å²) in [6, 6.07) is 12.6. The van der Waals surface area contributed by atoms with E-state index in [0.29, 0.717) is 17.3 Å². The molecule has 2 rings (SSSR count). The highest BCUT2D eigenvalue weighted by Gasteiger charge is 2.04. The summed E-state index contributed by atoms with van der Waals surface area (Å²) >= 11 is 0. The number of rotatable bonds is 5. The lowest BCUT2D eigenvalue weighted by Gasteiger charge is -2.07. The molecule has 0 bridgehead atoms. The molecule has 2 aromatic rings. The number of anilines is 1. The zero-order valence-corrected chi connectivity index (χ0v) is 10.5. The molecule has 0 saturated heterocycles. The highest BCUT2D eigenvalue weighted by Crippen LogP contribution is 2.11. The van der Waals surface area contributed by atoms with E-state index < -0.39 is 0 Å². The van der Waals surface area contributed by atoms with Crippen LogP contribution in [0.5, 0.6) is 11.6 Å². The van der Waals surface area contributed by atoms with Crippen molar-refractivity contribution < 1.29 is 14.3 Å². The number of para-hydroxylation sites is 1. The van der Waals surface area contributed by atoms with Gasteiger partial charge in [0, 0.05) is 6.07 Å². The van der Waals surface area contributed by atoms with E-state index in [1.807, 2.05) is 18.2 Å². The first-order valence-electron chi connectivity index (χ1n) is 5.75. The second-order valence-electron chi connectivity index (χ2n) is 3.74. The molecule has 1 aromatic carbocycles. The Morgan fingerprint density at radius 1 is 1.21 bits per heavy atom. The first kappa shape index (κ1) is 12.9. The minimum absolute atomic E-state index is 0.0456. The molecule has 0 aliphatic carbocycles. The Hall–Kier alpha value is -2.56. The number of pyridine rings is 1. The van der Waals surface area contributed by atoms with Crippen LogP contribution in [0.2, 0.25) is 0 Å². The highest BCUT2D eigenvalue weighted by molar-refractivity contribution is 5.91. The molecule has 0 aliphatic rings. The van der Waals surface area contributed by atoms with Crippen LogP contribution >= 0.6 is 0 Å². The fourth-order valence-corrected chi connectivity index (χ4v) is 1.44. The van der Waals surface area contributed by atoms with Gasteiger partial charge in [0.1, 0.15) is 5.75 Å². The van der Waals surface area contributed by atoms with Gasteiger partial charge in [-0.25, -0.2) is 4.98 Å². The second-order valence-corrected chi connectivity index (χ2v) is 3.74. The number of nitrogens with one attached hydrogen (secondary N) is 1. The minimum Gasteiger partial charge on any atom is -0.484 e. The molecule has 1 amide bonds. The number of benzene rings is 1. The molecule has 98 valence electrons. The van der Waals surface area contributed by atoms with Crippen LogP contribution < -0.4 is 14.8 Å². The predicted octanol–water partition coefficient (Wildman–Crippen LogP) is 2.11. The Morgan fingerprint density at radius 3 is 2.63 bits per heavy atom. The largest absolute Gasteiger partial charge is 0.484 e. The number of aromatic nitrogens is 1. The van der Waals surface area contributed by atoms with Crippen molar-refractivity contribution in [2.75, 3.05) is 19.0 Å². The Labute approximate surface area is 111 Å². The normalized spacial score (nSPS) is 9.74. The molecule has 0 spiro atoms. The van der Waals surface area contributed by atoms with Gasteiger partial charge in [0.25, 0.3) is 5.91 Å². The first-order chi connectivity index (χ1) is 9.28. The fourth-order valence-electron chi connectivity index (χ4n) is 1.44. The van der Waals surface area contributed by atoms with E-state index in [-0.39, 0.29) is 12.5 Å². The van der Waals surface area contributed by atoms with Crippen molar-refractivity contribution in [3.63, 3.8) is 0 Å². The quantitative estimate of drug-likeness (QED) is 0.892. The molecule has 5 heteroatoms. The van der Waals surface area contributed by atoms with Gasteiger partial charge in [-0.05, 0) is 18.2 Å². The Bertz CT molecular complexity index is 526. The predicted molar refractivity (Wildman–Crippen MR) is 71.4 cm³/mol. The summed E-state index contributed by atoms with van der Waals surface area (Å²) in [4.78, 5) is 15.6. The maximum absolute atomic E-state index is 11.6. The lowest BCUT2D eigenvalue weighted by Crippen LogP contribution is -2.20. The van der Waals surface area contributed by atoms with E-state index >= 15 is 0 Å². The summed E-state index contributed by atoms with van der Waals surface area (Å²) in [7, 11) is 1.54. The van der Waals surface area contributed by atoms with E-state index in [0.717, 1.165) is 0 Å². The number of amides is 1. The summed E-state index contributed by atoms with van der Waals surface area (Å²) in [6.07, 6.45) is 1.53. The third kappa shape index (κ3) is 3.99. The van der Waals surface area contributed by atoms with Crippen molar-refractivity contribution in [3.8, 4) is 11.6 Å². The van der Waals surface area contributed by atoms with Crippen molar-refractivity contribution in [1.82, 2.24) is 4.98 Å². The summed E-state index contributed by atoms with van der Waals surface area (Å²) in [5, 5.41) is 2.68. The molecule has 1 N–H and O–H groups in total. The molecule has 0 fully saturated rings. The summed E-state index contributed by atoms with van der Waals surface area (Å²) < 4.78 is 10.3. The standard InChI is InChI=1S/C14H14N2O3/c1-18-14-8-7-11(9-15-14)16-13(17)10-19-12-5-3-2-4-6-12/h2-9H,10H2,1H3,(H,16,17). The van der Waals surface area contributed by atoms with Crippen LogP contribution in [0.3, 0.4) is 0 Å². The van der Waals surface area contributed by atoms with Crippen LogP contribution in [-0.4, -0.2) is 24.6 Å². The zero-order chi connectivity index (χ0) is 13.5. The van der Waals surface area contributed by atoms with E-state index in [4.69, 9.17) is 9.47 Å². The molecule has 0 unspecified atom stereocenters. The zero-order valence-electron chi connectivity index (χ0n) is 10.5. The van der Waals surface area contributed by atoms with Crippen molar-refractivity contribution in [1.29, 1.82) is 0 Å². The Morgan fingerprint density at radius 2 is 2.00 bits per heavy atom. The smallest absolute Gasteiger partial charge is 0.262 e. The lowest BCUT2D eigenvalue weighted by atomic mass is 10.3. The number of carbonyl (C=O) groups excluding carboxylic acids is 1. The van der Waals surface area contributed by atoms with Crippen LogP contribution in [0.4, 0.5) is 5.69 Å². The number of ether oxygens (including phenoxy) is 2. The van der Waals surface area contributed by atoms with Gasteiger partial charge < -0.3 is 14.8 Å². The maximum Gasteiger partial charge on any atom is 0.262 e. The maximum atomic E-state index is 11.6. The van der Waals surface area contributed by atoms with Crippen LogP contribution in [0, 0.1) is 0 Å². The average molecular weight is 258 g/mol. The van der Waals surface area contributed by atoms with Gasteiger partial charge in [-0.1, -0.05) is 18.2 Å². The molecule has 1 aromatic heterocycles. The molecular formula is C14H14N2O3. The number of nitrogens with zero attached hydrogens (tertiary/aromatic N) is 1. The molecule has 1 heterocycles. The average Bonchev–Trinajstić information content (AvgIpc) is 2.47. The second kappa shape index (κ2) is 6.39. The molecule has 0 atom stereocenters. The molecule has 0 radical (unpaired) electrons. The molecular weight excluding hydrogens is 244 g/mol. The van der Waals surface area contributed by atoms with Crippen molar-refractivity contribution in [2.24, 2.45) is 0 Å². The van der Waals surface area contributed by atoms with E-state index in [1.165, 1.54) is 13.3 Å². The van der Waals surface area contributed by atoms with Gasteiger partial charge in [-0.2, -0.15) is 0 Å². The van der Waals surface area contributed by atoms with Gasteiger partial charge >= 0.3 is 0 Å². The topological polar surface area (TPSA) is 60.5 Å². The van der Waals surface area contributed by atoms with Crippen LogP contribution in [0.15, 0.2) is 48.7 Å². The van der Waals surface area contributed by atoms with Crippen LogP contribution in [0.25, 0.3) is 0 Å². The Balaban J connectivity index is 1.83. The van der Waals surface area contributed by atoms with Gasteiger partial charge in [0.2, 0.25) is 5.88 Å². The van der Waals surface area contributed by atoms with Crippen molar-refractivity contribution in [3.05, 3.63) is 48.7 Å². The van der Waals surface area contributed by atoms with Crippen molar-refractivity contribution >= 4 is 11.6 Å². The number of hydrogen-bond donors (Lipinski definition) is 1. The van der Waals surface area contributed by atoms with Crippen LogP contribution in [-0.2, 0) is 4.79 Å². The van der Waals surface area contributed by atoms with Gasteiger partial charge in [-0.15, -0.1) is 0 Å². The fraction of sp³-hybridized carbons (Fsp3) is 0.143. The van der Waals surface area contributed by atoms with Gasteiger partial charge in [0.15, 0.2) is 6.61 Å². The molecule has 0 saturated carbocycles. The summed E-state index contributed by atoms with van der Waals surface area (Å²) in [5.74, 6) is 0.917. The monoisotopic (exact) mass is 258 g/mol. The summed E-state index contributed by atoms with van der Waals surface area (Å²) in [5.41, 5.74) is 0.600. The number of carbonyl (C=O) groups is 1. The van der Waals surface area contributed by atoms with Crippen LogP contribution in [0.1, 0.15) is 0 Å².